The van der Waals surface area contributed by atoms with Crippen molar-refractivity contribution in [3.8, 4) is 5.69 Å². The normalized spacial score (nSPS) is 11.8. The van der Waals surface area contributed by atoms with Crippen LogP contribution in [0, 0.1) is 6.92 Å². The molecule has 0 atom stereocenters. The SMILES string of the molecule is Cc1ccccc1-n1cc(C[Si](C)(C)C)nn1. The van der Waals surface area contributed by atoms with Gasteiger partial charge in [0, 0.05) is 0 Å². The standard InChI is InChI=1S/C13H19N3Si/c1-11-7-5-6-8-13(11)16-9-12(14-15-16)10-17(2,3)4/h5-9H,10H2,1-4H3. The minimum Gasteiger partial charge on any atom is -0.220 e. The maximum atomic E-state index is 4.27. The minimum absolute atomic E-state index is 1.08. The lowest BCUT2D eigenvalue weighted by atomic mass is 10.2. The zero-order valence-corrected chi connectivity index (χ0v) is 11.9. The summed E-state index contributed by atoms with van der Waals surface area (Å²) in [5, 5.41) is 8.49. The first-order valence-corrected chi connectivity index (χ1v) is 9.64. The molecule has 0 saturated carbocycles. The first-order valence-electron chi connectivity index (χ1n) is 5.93. The fourth-order valence-corrected chi connectivity index (χ4v) is 3.11. The first-order chi connectivity index (χ1) is 7.96. The van der Waals surface area contributed by atoms with Gasteiger partial charge in [0.15, 0.2) is 0 Å². The molecule has 0 saturated heterocycles. The number of aromatic nitrogens is 3. The molecular formula is C13H19N3Si. The molecule has 0 aliphatic carbocycles. The Morgan fingerprint density at radius 1 is 1.18 bits per heavy atom. The van der Waals surface area contributed by atoms with Crippen LogP contribution in [0.4, 0.5) is 0 Å². The Balaban J connectivity index is 2.28. The fourth-order valence-electron chi connectivity index (χ4n) is 1.86. The highest BCUT2D eigenvalue weighted by molar-refractivity contribution is 6.75. The third kappa shape index (κ3) is 3.03. The summed E-state index contributed by atoms with van der Waals surface area (Å²) in [6.45, 7) is 9.13. The van der Waals surface area contributed by atoms with Crippen molar-refractivity contribution in [1.82, 2.24) is 15.0 Å². The fraction of sp³-hybridized carbons (Fsp3) is 0.385. The van der Waals surface area contributed by atoms with Crippen LogP contribution < -0.4 is 0 Å². The van der Waals surface area contributed by atoms with Gasteiger partial charge in [-0.2, -0.15) is 0 Å². The molecule has 0 aliphatic rings. The highest BCUT2D eigenvalue weighted by Crippen LogP contribution is 2.14. The number of nitrogens with zero attached hydrogens (tertiary/aromatic N) is 3. The van der Waals surface area contributed by atoms with Crippen LogP contribution in [0.25, 0.3) is 5.69 Å². The van der Waals surface area contributed by atoms with Gasteiger partial charge in [-0.05, 0) is 24.6 Å². The van der Waals surface area contributed by atoms with Crippen molar-refractivity contribution >= 4 is 8.07 Å². The molecule has 0 unspecified atom stereocenters. The van der Waals surface area contributed by atoms with Gasteiger partial charge in [-0.3, -0.25) is 0 Å². The summed E-state index contributed by atoms with van der Waals surface area (Å²) in [5.74, 6) is 0. The van der Waals surface area contributed by atoms with E-state index in [1.807, 2.05) is 16.8 Å². The highest BCUT2D eigenvalue weighted by Gasteiger charge is 2.16. The summed E-state index contributed by atoms with van der Waals surface area (Å²) in [5.41, 5.74) is 3.44. The van der Waals surface area contributed by atoms with Crippen molar-refractivity contribution < 1.29 is 0 Å². The Kier molecular flexibility index (Phi) is 3.15. The monoisotopic (exact) mass is 245 g/mol. The van der Waals surface area contributed by atoms with Gasteiger partial charge in [-0.1, -0.05) is 43.1 Å². The molecule has 0 spiro atoms. The Hall–Kier alpha value is -1.42. The molecule has 3 nitrogen and oxygen atoms in total. The Labute approximate surface area is 103 Å². The predicted molar refractivity (Wildman–Crippen MR) is 73.1 cm³/mol. The lowest BCUT2D eigenvalue weighted by Crippen LogP contribution is -2.24. The number of para-hydroxylation sites is 1. The molecule has 0 radical (unpaired) electrons. The summed E-state index contributed by atoms with van der Waals surface area (Å²) >= 11 is 0. The molecule has 1 heterocycles. The molecule has 1 aromatic carbocycles. The van der Waals surface area contributed by atoms with Gasteiger partial charge in [-0.25, -0.2) is 4.68 Å². The summed E-state index contributed by atoms with van der Waals surface area (Å²) in [6.07, 6.45) is 2.06. The highest BCUT2D eigenvalue weighted by atomic mass is 28.3. The van der Waals surface area contributed by atoms with Crippen molar-refractivity contribution in [1.29, 1.82) is 0 Å². The lowest BCUT2D eigenvalue weighted by molar-refractivity contribution is 0.795. The van der Waals surface area contributed by atoms with Gasteiger partial charge in [0.2, 0.25) is 0 Å². The number of benzene rings is 1. The summed E-state index contributed by atoms with van der Waals surface area (Å²) < 4.78 is 1.88. The second-order valence-corrected chi connectivity index (χ2v) is 11.2. The van der Waals surface area contributed by atoms with Gasteiger partial charge >= 0.3 is 0 Å². The van der Waals surface area contributed by atoms with Crippen LogP contribution in [0.2, 0.25) is 19.6 Å². The predicted octanol–water partition coefficient (Wildman–Crippen LogP) is 3.00. The molecule has 0 aliphatic heterocycles. The van der Waals surface area contributed by atoms with Crippen molar-refractivity contribution in [2.45, 2.75) is 32.6 Å². The molecule has 4 heteroatoms. The quantitative estimate of drug-likeness (QED) is 0.778. The molecular weight excluding hydrogens is 226 g/mol. The minimum atomic E-state index is -1.12. The Bertz CT molecular complexity index is 511. The van der Waals surface area contributed by atoms with E-state index in [0.717, 1.165) is 17.4 Å². The maximum Gasteiger partial charge on any atom is 0.0805 e. The molecule has 90 valence electrons. The van der Waals surface area contributed by atoms with Gasteiger partial charge in [0.05, 0.1) is 25.7 Å². The zero-order chi connectivity index (χ0) is 12.5. The van der Waals surface area contributed by atoms with Gasteiger partial charge in [0.25, 0.3) is 0 Å². The molecule has 0 amide bonds. The van der Waals surface area contributed by atoms with E-state index in [1.54, 1.807) is 0 Å². The van der Waals surface area contributed by atoms with E-state index in [0.29, 0.717) is 0 Å². The maximum absolute atomic E-state index is 4.27. The van der Waals surface area contributed by atoms with Crippen molar-refractivity contribution in [2.75, 3.05) is 0 Å². The van der Waals surface area contributed by atoms with Gasteiger partial charge in [-0.15, -0.1) is 5.10 Å². The molecule has 2 aromatic rings. The van der Waals surface area contributed by atoms with E-state index in [-0.39, 0.29) is 0 Å². The van der Waals surface area contributed by atoms with Crippen molar-refractivity contribution in [3.05, 3.63) is 41.7 Å². The van der Waals surface area contributed by atoms with E-state index in [4.69, 9.17) is 0 Å². The van der Waals surface area contributed by atoms with Crippen LogP contribution in [0.3, 0.4) is 0 Å². The van der Waals surface area contributed by atoms with Crippen LogP contribution in [0.15, 0.2) is 30.5 Å². The number of hydrogen-bond donors (Lipinski definition) is 0. The second kappa shape index (κ2) is 4.45. The zero-order valence-electron chi connectivity index (χ0n) is 10.9. The number of hydrogen-bond acceptors (Lipinski definition) is 2. The Morgan fingerprint density at radius 2 is 1.88 bits per heavy atom. The van der Waals surface area contributed by atoms with Crippen LogP contribution in [0.1, 0.15) is 11.3 Å². The summed E-state index contributed by atoms with van der Waals surface area (Å²) in [4.78, 5) is 0. The van der Waals surface area contributed by atoms with Crippen LogP contribution in [-0.4, -0.2) is 23.1 Å². The molecule has 1 aromatic heterocycles. The van der Waals surface area contributed by atoms with E-state index in [2.05, 4.69) is 55.2 Å². The molecule has 2 rings (SSSR count). The van der Waals surface area contributed by atoms with E-state index >= 15 is 0 Å². The van der Waals surface area contributed by atoms with Crippen LogP contribution >= 0.6 is 0 Å². The lowest BCUT2D eigenvalue weighted by Gasteiger charge is -2.12. The number of aryl methyl sites for hydroxylation is 1. The van der Waals surface area contributed by atoms with Crippen molar-refractivity contribution in [3.63, 3.8) is 0 Å². The molecule has 17 heavy (non-hydrogen) atoms. The van der Waals surface area contributed by atoms with Crippen LogP contribution in [-0.2, 0) is 6.04 Å². The van der Waals surface area contributed by atoms with Crippen LogP contribution in [0.5, 0.6) is 0 Å². The molecule has 0 fully saturated rings. The summed E-state index contributed by atoms with van der Waals surface area (Å²) in [7, 11) is -1.12. The first kappa shape index (κ1) is 12.0. The molecule has 0 bridgehead atoms. The topological polar surface area (TPSA) is 30.7 Å². The number of rotatable bonds is 3. The summed E-state index contributed by atoms with van der Waals surface area (Å²) in [6, 6.07) is 9.32. The third-order valence-electron chi connectivity index (χ3n) is 2.61. The van der Waals surface area contributed by atoms with Gasteiger partial charge < -0.3 is 0 Å². The second-order valence-electron chi connectivity index (χ2n) is 5.68. The van der Waals surface area contributed by atoms with E-state index in [1.165, 1.54) is 5.56 Å². The average Bonchev–Trinajstić information content (AvgIpc) is 2.64. The van der Waals surface area contributed by atoms with Crippen molar-refractivity contribution in [2.24, 2.45) is 0 Å². The van der Waals surface area contributed by atoms with Gasteiger partial charge in [0.1, 0.15) is 0 Å². The van der Waals surface area contributed by atoms with E-state index in [9.17, 15) is 0 Å². The Morgan fingerprint density at radius 3 is 2.53 bits per heavy atom. The third-order valence-corrected chi connectivity index (χ3v) is 4.04. The average molecular weight is 245 g/mol. The van der Waals surface area contributed by atoms with E-state index < -0.39 is 8.07 Å². The largest absolute Gasteiger partial charge is 0.220 e. The smallest absolute Gasteiger partial charge is 0.0805 e. The molecule has 0 N–H and O–H groups in total.